The molecule has 40 nitrogen and oxygen atoms in total. The van der Waals surface area contributed by atoms with Gasteiger partial charge >= 0.3 is 41.6 Å². The molecular formula is C36H56O40S4. The number of ether oxygens (including phenoxy) is 14. The minimum atomic E-state index is -5.67. The van der Waals surface area contributed by atoms with Crippen molar-refractivity contribution in [1.82, 2.24) is 0 Å². The lowest BCUT2D eigenvalue weighted by Crippen LogP contribution is -2.67. The van der Waals surface area contributed by atoms with Crippen LogP contribution >= 0.6 is 0 Å². The van der Waals surface area contributed by atoms with Crippen molar-refractivity contribution in [3.8, 4) is 0 Å². The van der Waals surface area contributed by atoms with Gasteiger partial charge in [0.05, 0.1) is 39.6 Å². The number of hydrogen-bond acceptors (Lipinski definition) is 36. The van der Waals surface area contributed by atoms with Crippen molar-refractivity contribution in [2.24, 2.45) is 0 Å². The van der Waals surface area contributed by atoms with Crippen LogP contribution in [-0.2, 0) is 125 Å². The molecule has 0 spiro atoms. The molecule has 9 aliphatic heterocycles. The summed E-state index contributed by atoms with van der Waals surface area (Å²) in [5.41, 5.74) is 0. The topological polar surface area (TPSA) is 586 Å². The molecule has 9 saturated heterocycles. The molecule has 14 N–H and O–H groups in total. The van der Waals surface area contributed by atoms with E-state index in [0.717, 1.165) is 0 Å². The van der Waals surface area contributed by atoms with E-state index in [4.69, 9.17) is 74.7 Å². The Hall–Kier alpha value is -1.48. The molecule has 0 aromatic heterocycles. The van der Waals surface area contributed by atoms with Gasteiger partial charge in [0.25, 0.3) is 0 Å². The summed E-state index contributed by atoms with van der Waals surface area (Å²) >= 11 is 0. The van der Waals surface area contributed by atoms with Gasteiger partial charge in [0.2, 0.25) is 0 Å². The molecule has 0 aliphatic carbocycles. The average molecular weight is 1260 g/mol. The van der Waals surface area contributed by atoms with E-state index in [9.17, 15) is 103 Å². The van der Waals surface area contributed by atoms with Gasteiger partial charge in [-0.15, -0.1) is 0 Å². The number of aliphatic hydroxyl groups excluding tert-OH is 10. The Morgan fingerprint density at radius 3 is 1.11 bits per heavy atom. The molecule has 9 rings (SSSR count). The Labute approximate surface area is 450 Å². The standard InChI is InChI=1S/C36H56O40S4/c37-1-7-21(73-77(47,48)49)26(14(41)31(46)62-7)70-33-16(43)25-19(11(66-33)5-60-25)68-34-18(45)28(23(9(3-39)63-34)75-79(53,54)55)72-36-30(76-80(56,57)58)29-20(12(67-36)6-61-29)69-35-17(44)27(22(8(2-38)64-35)74-78(50,51)52)71-32-15(42)24-13(40)10(65-32)4-59-24/h7-46H,1-6H2,(H,47,48,49)(H,50,51,52)(H,53,54,55)(H,56,57,58)/t7-,8+,9-,10+,11-,12+,13-,14?,15+,16-,17-,18+,19+,20+,21+,22-,23+,24+,25+,26+,27-,28+,29+,30+,31?,32+,33-,34-,35-,36-/m1/s1. The first-order valence-electron chi connectivity index (χ1n) is 23.6. The minimum absolute atomic E-state index is 0.248. The molecule has 9 heterocycles. The molecule has 9 fully saturated rings. The highest BCUT2D eigenvalue weighted by Gasteiger charge is 2.63. The van der Waals surface area contributed by atoms with Crippen molar-refractivity contribution in [2.75, 3.05) is 39.6 Å². The Morgan fingerprint density at radius 2 is 0.650 bits per heavy atom. The van der Waals surface area contributed by atoms with E-state index < -0.39 is 259 Å². The van der Waals surface area contributed by atoms with Gasteiger partial charge < -0.3 is 117 Å². The summed E-state index contributed by atoms with van der Waals surface area (Å²) < 4.78 is 233. The molecule has 9 aliphatic rings. The van der Waals surface area contributed by atoms with Gasteiger partial charge in [0, 0.05) is 0 Å². The number of hydrogen-bond donors (Lipinski definition) is 14. The maximum Gasteiger partial charge on any atom is 0.397 e. The zero-order chi connectivity index (χ0) is 58.3. The fraction of sp³-hybridized carbons (Fsp3) is 1.00. The first kappa shape index (κ1) is 63.0. The van der Waals surface area contributed by atoms with Crippen LogP contribution in [0.2, 0.25) is 0 Å². The van der Waals surface area contributed by atoms with E-state index in [1.165, 1.54) is 0 Å². The molecule has 80 heavy (non-hydrogen) atoms. The molecule has 0 saturated carbocycles. The smallest absolute Gasteiger partial charge is 0.394 e. The van der Waals surface area contributed by atoms with Crippen LogP contribution in [0.1, 0.15) is 0 Å². The molecule has 44 heteroatoms. The van der Waals surface area contributed by atoms with Crippen molar-refractivity contribution in [2.45, 2.75) is 184 Å². The number of fused-ring (bicyclic) bond motifs is 6. The first-order chi connectivity index (χ1) is 37.4. The van der Waals surface area contributed by atoms with Gasteiger partial charge in [-0.05, 0) is 0 Å². The molecule has 0 radical (unpaired) electrons. The Bertz CT molecular complexity index is 2580. The zero-order valence-electron chi connectivity index (χ0n) is 40.1. The van der Waals surface area contributed by atoms with Gasteiger partial charge in [0.15, 0.2) is 43.8 Å². The van der Waals surface area contributed by atoms with Crippen LogP contribution in [0, 0.1) is 0 Å². The van der Waals surface area contributed by atoms with E-state index in [1.807, 2.05) is 0 Å². The van der Waals surface area contributed by atoms with Gasteiger partial charge in [-0.3, -0.25) is 18.2 Å². The summed E-state index contributed by atoms with van der Waals surface area (Å²) in [4.78, 5) is 0. The highest BCUT2D eigenvalue weighted by atomic mass is 32.3. The number of aliphatic hydroxyl groups is 10. The highest BCUT2D eigenvalue weighted by molar-refractivity contribution is 7.81. The third-order valence-electron chi connectivity index (χ3n) is 14.0. The van der Waals surface area contributed by atoms with Crippen LogP contribution in [-0.4, -0.2) is 327 Å². The van der Waals surface area contributed by atoms with E-state index in [-0.39, 0.29) is 6.61 Å². The fourth-order valence-corrected chi connectivity index (χ4v) is 12.6. The van der Waals surface area contributed by atoms with Crippen molar-refractivity contribution in [1.29, 1.82) is 0 Å². The van der Waals surface area contributed by atoms with E-state index in [0.29, 0.717) is 0 Å². The van der Waals surface area contributed by atoms with Crippen LogP contribution in [0.3, 0.4) is 0 Å². The quantitative estimate of drug-likeness (QED) is 0.0475. The van der Waals surface area contributed by atoms with Gasteiger partial charge in [-0.1, -0.05) is 0 Å². The Morgan fingerprint density at radius 1 is 0.325 bits per heavy atom. The molecule has 0 aromatic rings. The third-order valence-corrected chi connectivity index (χ3v) is 15.9. The van der Waals surface area contributed by atoms with E-state index >= 15 is 0 Å². The second-order valence-electron chi connectivity index (χ2n) is 19.1. The van der Waals surface area contributed by atoms with Gasteiger partial charge in [-0.2, -0.15) is 33.7 Å². The van der Waals surface area contributed by atoms with Crippen molar-refractivity contribution < 1.29 is 186 Å². The van der Waals surface area contributed by atoms with E-state index in [1.54, 1.807) is 0 Å². The largest absolute Gasteiger partial charge is 0.397 e. The Kier molecular flexibility index (Phi) is 19.2. The lowest BCUT2D eigenvalue weighted by Gasteiger charge is -2.48. The maximum atomic E-state index is 12.5. The summed E-state index contributed by atoms with van der Waals surface area (Å²) in [6, 6.07) is 0. The fourth-order valence-electron chi connectivity index (χ4n) is 10.6. The second-order valence-corrected chi connectivity index (χ2v) is 23.3. The van der Waals surface area contributed by atoms with Crippen LogP contribution in [0.15, 0.2) is 0 Å². The third kappa shape index (κ3) is 13.5. The predicted octanol–water partition coefficient (Wildman–Crippen LogP) is -11.7. The molecule has 6 bridgehead atoms. The molecule has 464 valence electrons. The summed E-state index contributed by atoms with van der Waals surface area (Å²) in [6.45, 7) is -4.89. The molecule has 2 unspecified atom stereocenters. The monoisotopic (exact) mass is 1260 g/mol. The van der Waals surface area contributed by atoms with Crippen molar-refractivity contribution in [3.63, 3.8) is 0 Å². The number of rotatable bonds is 21. The highest BCUT2D eigenvalue weighted by Crippen LogP contribution is 2.43. The Balaban J connectivity index is 0.939. The zero-order valence-corrected chi connectivity index (χ0v) is 43.3. The maximum absolute atomic E-state index is 12.5. The molecule has 0 aromatic carbocycles. The van der Waals surface area contributed by atoms with E-state index in [2.05, 4.69) is 8.37 Å². The van der Waals surface area contributed by atoms with Crippen LogP contribution in [0.25, 0.3) is 0 Å². The normalized spacial score (nSPS) is 49.0. The van der Waals surface area contributed by atoms with Crippen LogP contribution in [0.4, 0.5) is 0 Å². The van der Waals surface area contributed by atoms with Crippen molar-refractivity contribution >= 4 is 41.6 Å². The van der Waals surface area contributed by atoms with Crippen molar-refractivity contribution in [3.05, 3.63) is 0 Å². The molecule has 0 amide bonds. The van der Waals surface area contributed by atoms with Crippen LogP contribution < -0.4 is 0 Å². The summed E-state index contributed by atoms with van der Waals surface area (Å²) in [6.07, 6.45) is -58.3. The molecular weight excluding hydrogens is 1200 g/mol. The van der Waals surface area contributed by atoms with Crippen LogP contribution in [0.5, 0.6) is 0 Å². The van der Waals surface area contributed by atoms with Gasteiger partial charge in [0.1, 0.15) is 140 Å². The predicted molar refractivity (Wildman–Crippen MR) is 231 cm³/mol. The second kappa shape index (κ2) is 24.4. The lowest BCUT2D eigenvalue weighted by molar-refractivity contribution is -0.377. The minimum Gasteiger partial charge on any atom is -0.394 e. The molecule has 30 atom stereocenters. The summed E-state index contributed by atoms with van der Waals surface area (Å²) in [7, 11) is -22.1. The van der Waals surface area contributed by atoms with Gasteiger partial charge in [-0.25, -0.2) is 16.7 Å². The summed E-state index contributed by atoms with van der Waals surface area (Å²) in [5.74, 6) is 0. The lowest BCUT2D eigenvalue weighted by atomic mass is 9.96. The SMILES string of the molecule is O=S(=O)(O)O[C@@H]1[C@@H](O[C@H]2[C@H](O)[C@@H](O[C@@H]3[C@H]4OC[C@H]3O[C@H](O[C@H]3C(O)C(O)O[C@H](CO)[C@@H]3OS(=O)(=O)O)[C@@H]4O)O[C@H](CO)[C@@H]2OS(=O)(=O)O)O[C@H]2CO[C@H]1[C@H]2O[C@H]1O[C@@H](CO)[C@@H](OS(=O)(=O)O)[C@H](O[C@@H]2O[C@H]3CO[C@H]([C@@H]2O)[C@@H]3O)[C@H]1O. The average Bonchev–Trinajstić information content (AvgIpc) is 4.15. The summed E-state index contributed by atoms with van der Waals surface area (Å²) in [5, 5.41) is 108. The first-order valence-corrected chi connectivity index (χ1v) is 29.1.